The van der Waals surface area contributed by atoms with Gasteiger partial charge in [-0.15, -0.1) is 0 Å². The van der Waals surface area contributed by atoms with Crippen LogP contribution >= 0.6 is 0 Å². The van der Waals surface area contributed by atoms with Crippen molar-refractivity contribution < 1.29 is 62.7 Å². The molecular formula is C40H45N3O13. The molecule has 16 heteroatoms. The number of amides is 2. The van der Waals surface area contributed by atoms with Crippen molar-refractivity contribution in [2.45, 2.75) is 101 Å². The molecular weight excluding hydrogens is 730 g/mol. The highest BCUT2D eigenvalue weighted by Gasteiger charge is 2.76. The Morgan fingerprint density at radius 2 is 1.71 bits per heavy atom. The molecule has 2 amide bonds. The molecule has 9 unspecified atom stereocenters. The van der Waals surface area contributed by atoms with Crippen molar-refractivity contribution in [3.05, 3.63) is 76.9 Å². The van der Waals surface area contributed by atoms with Crippen molar-refractivity contribution >= 4 is 35.8 Å². The number of esters is 3. The molecule has 298 valence electrons. The first-order chi connectivity index (χ1) is 26.7. The number of ether oxygens (including phenoxy) is 5. The summed E-state index contributed by atoms with van der Waals surface area (Å²) in [6, 6.07) is 12.3. The number of fused-ring (bicyclic) bond motifs is 5. The molecule has 4 aliphatic heterocycles. The van der Waals surface area contributed by atoms with E-state index >= 15 is 0 Å². The Labute approximate surface area is 322 Å². The van der Waals surface area contributed by atoms with E-state index < -0.39 is 95.0 Å². The molecule has 2 aromatic rings. The summed E-state index contributed by atoms with van der Waals surface area (Å²) in [6.45, 7) is 4.67. The molecule has 4 heterocycles. The third-order valence-electron chi connectivity index (χ3n) is 11.7. The Balaban J connectivity index is 1.05. The summed E-state index contributed by atoms with van der Waals surface area (Å²) in [5.74, 6) is -4.45. The molecule has 9 atom stereocenters. The second-order valence-corrected chi connectivity index (χ2v) is 16.1. The molecule has 2 aliphatic carbocycles. The van der Waals surface area contributed by atoms with E-state index in [1.165, 1.54) is 18.1 Å². The Hall–Kier alpha value is -4.71. The number of hydroxylamine groups is 2. The molecule has 4 N–H and O–H groups in total. The van der Waals surface area contributed by atoms with Crippen LogP contribution in [0.15, 0.2) is 54.6 Å². The molecule has 1 saturated carbocycles. The number of cyclic esters (lactones) is 1. The summed E-state index contributed by atoms with van der Waals surface area (Å²) in [6.07, 6.45) is -2.15. The Morgan fingerprint density at radius 1 is 1.02 bits per heavy atom. The van der Waals surface area contributed by atoms with Crippen molar-refractivity contribution in [2.75, 3.05) is 19.8 Å². The van der Waals surface area contributed by atoms with Crippen LogP contribution < -0.4 is 10.6 Å². The molecule has 8 rings (SSSR count). The van der Waals surface area contributed by atoms with Crippen LogP contribution in [0.3, 0.4) is 0 Å². The third-order valence-corrected chi connectivity index (χ3v) is 11.7. The fraction of sp³-hybridized carbons (Fsp3) is 0.525. The fourth-order valence-corrected chi connectivity index (χ4v) is 8.90. The highest BCUT2D eigenvalue weighted by atomic mass is 16.8. The maximum atomic E-state index is 14.7. The van der Waals surface area contributed by atoms with Crippen molar-refractivity contribution in [1.82, 2.24) is 15.7 Å². The second kappa shape index (κ2) is 14.3. The van der Waals surface area contributed by atoms with Crippen LogP contribution in [-0.2, 0) is 71.9 Å². The number of carbonyl (C=O) groups is 5. The maximum Gasteiger partial charge on any atom is 0.348 e. The van der Waals surface area contributed by atoms with E-state index in [1.54, 1.807) is 44.2 Å². The van der Waals surface area contributed by atoms with E-state index in [-0.39, 0.29) is 32.7 Å². The summed E-state index contributed by atoms with van der Waals surface area (Å²) in [4.78, 5) is 73.0. The van der Waals surface area contributed by atoms with Gasteiger partial charge in [-0.2, -0.15) is 5.06 Å². The van der Waals surface area contributed by atoms with E-state index in [2.05, 4.69) is 10.6 Å². The van der Waals surface area contributed by atoms with Crippen molar-refractivity contribution in [3.8, 4) is 0 Å². The van der Waals surface area contributed by atoms with Gasteiger partial charge in [-0.1, -0.05) is 62.4 Å². The summed E-state index contributed by atoms with van der Waals surface area (Å²) >= 11 is 0. The number of nitrogens with zero attached hydrogens (tertiary/aromatic N) is 1. The first-order valence-electron chi connectivity index (χ1n) is 18.8. The van der Waals surface area contributed by atoms with Crippen LogP contribution in [0.5, 0.6) is 0 Å². The first kappa shape index (κ1) is 38.2. The smallest absolute Gasteiger partial charge is 0.348 e. The lowest BCUT2D eigenvalue weighted by molar-refractivity contribution is -0.217. The van der Waals surface area contributed by atoms with Gasteiger partial charge in [-0.3, -0.25) is 19.2 Å². The zero-order chi connectivity index (χ0) is 39.6. The zero-order valence-electron chi connectivity index (χ0n) is 31.2. The molecule has 0 radical (unpaired) electrons. The van der Waals surface area contributed by atoms with Gasteiger partial charge < -0.3 is 44.5 Å². The average Bonchev–Trinajstić information content (AvgIpc) is 3.90. The Morgan fingerprint density at radius 3 is 2.36 bits per heavy atom. The van der Waals surface area contributed by atoms with Crippen molar-refractivity contribution in [1.29, 1.82) is 0 Å². The van der Waals surface area contributed by atoms with Crippen molar-refractivity contribution in [3.63, 3.8) is 0 Å². The number of rotatable bonds is 11. The third kappa shape index (κ3) is 6.57. The molecule has 5 fully saturated rings. The largest absolute Gasteiger partial charge is 0.462 e. The summed E-state index contributed by atoms with van der Waals surface area (Å²) in [7, 11) is 0. The fourth-order valence-electron chi connectivity index (χ4n) is 8.90. The molecule has 2 aromatic carbocycles. The van der Waals surface area contributed by atoms with Gasteiger partial charge in [0.1, 0.15) is 42.5 Å². The Bertz CT molecular complexity index is 1920. The van der Waals surface area contributed by atoms with Gasteiger partial charge in [0.25, 0.3) is 0 Å². The van der Waals surface area contributed by atoms with Gasteiger partial charge >= 0.3 is 17.9 Å². The van der Waals surface area contributed by atoms with Crippen LogP contribution in [0, 0.1) is 10.8 Å². The highest BCUT2D eigenvalue weighted by Crippen LogP contribution is 2.58. The number of aliphatic hydroxyl groups excluding tert-OH is 2. The summed E-state index contributed by atoms with van der Waals surface area (Å²) < 4.78 is 29.9. The maximum absolute atomic E-state index is 14.7. The monoisotopic (exact) mass is 775 g/mol. The topological polar surface area (TPSA) is 208 Å². The first-order valence-corrected chi connectivity index (χ1v) is 18.8. The number of benzene rings is 2. The van der Waals surface area contributed by atoms with E-state index in [0.717, 1.165) is 11.1 Å². The zero-order valence-corrected chi connectivity index (χ0v) is 31.2. The highest BCUT2D eigenvalue weighted by molar-refractivity contribution is 5.96. The molecule has 56 heavy (non-hydrogen) atoms. The second-order valence-electron chi connectivity index (χ2n) is 16.1. The number of carbonyl (C=O) groups excluding carboxylic acids is 5. The standard InChI is InChI=1S/C40H45N3O13/c1-21(45)28(34(47)41-14-15-44)42-37(50)40-18-26-29-30(55-39(54-29)16-24-6-4-5-7-25(24)17-39)32(40)56-43(31(40)35(48)52-26)19-23-10-8-22(9-11-23)12-13-27(46)53-33-36(49)51-20-38(33,2)3/h4-13,21,26,28-33,44-45H,14-20H2,1-3H3,(H,41,47)(H,42,50). The minimum Gasteiger partial charge on any atom is -0.462 e. The van der Waals surface area contributed by atoms with E-state index in [0.29, 0.717) is 24.0 Å². The summed E-state index contributed by atoms with van der Waals surface area (Å²) in [5.41, 5.74) is 1.22. The van der Waals surface area contributed by atoms with Crippen LogP contribution in [0.1, 0.15) is 49.4 Å². The molecule has 1 spiro atoms. The van der Waals surface area contributed by atoms with E-state index in [1.807, 2.05) is 24.3 Å². The minimum absolute atomic E-state index is 0.00431. The molecule has 16 nitrogen and oxygen atoms in total. The minimum atomic E-state index is -1.62. The lowest BCUT2D eigenvalue weighted by atomic mass is 9.62. The quantitative estimate of drug-likeness (QED) is 0.137. The summed E-state index contributed by atoms with van der Waals surface area (Å²) in [5, 5.41) is 26.5. The van der Waals surface area contributed by atoms with Gasteiger partial charge in [-0.05, 0) is 35.3 Å². The SMILES string of the molecule is CC(O)C(NC(=O)C12CC3OC(=O)C1N(Cc1ccc(C=CC(=O)OC4C(=O)OCC4(C)C)cc1)OC2C1OC2(Cc4ccccc4C2)OC31)C(=O)NCCO. The number of hydrogen-bond acceptors (Lipinski definition) is 14. The predicted octanol–water partition coefficient (Wildman–Crippen LogP) is 0.248. The number of hydrogen-bond donors (Lipinski definition) is 4. The number of aliphatic hydroxyl groups is 2. The van der Waals surface area contributed by atoms with Gasteiger partial charge in [0.05, 0.1) is 19.3 Å². The lowest BCUT2D eigenvalue weighted by Gasteiger charge is -2.49. The normalized spacial score (nSPS) is 31.7. The van der Waals surface area contributed by atoms with Crippen LogP contribution in [0.4, 0.5) is 0 Å². The van der Waals surface area contributed by atoms with E-state index in [4.69, 9.17) is 28.5 Å². The van der Waals surface area contributed by atoms with E-state index in [9.17, 15) is 34.2 Å². The lowest BCUT2D eigenvalue weighted by Crippen LogP contribution is -2.71. The Kier molecular flexibility index (Phi) is 9.78. The molecule has 4 saturated heterocycles. The van der Waals surface area contributed by atoms with Gasteiger partial charge in [0.15, 0.2) is 11.8 Å². The van der Waals surface area contributed by atoms with Gasteiger partial charge in [0, 0.05) is 37.3 Å². The van der Waals surface area contributed by atoms with Crippen LogP contribution in [0.2, 0.25) is 0 Å². The number of nitrogens with one attached hydrogen (secondary N) is 2. The van der Waals surface area contributed by atoms with Gasteiger partial charge in [0.2, 0.25) is 17.9 Å². The predicted molar refractivity (Wildman–Crippen MR) is 191 cm³/mol. The van der Waals surface area contributed by atoms with Crippen LogP contribution in [-0.4, -0.2) is 119 Å². The van der Waals surface area contributed by atoms with Crippen LogP contribution in [0.25, 0.3) is 6.08 Å². The van der Waals surface area contributed by atoms with Crippen molar-refractivity contribution in [2.24, 2.45) is 10.8 Å². The molecule has 2 bridgehead atoms. The molecule has 0 aromatic heterocycles. The van der Waals surface area contributed by atoms with Gasteiger partial charge in [-0.25, -0.2) is 9.59 Å². The molecule has 6 aliphatic rings. The average molecular weight is 776 g/mol.